The summed E-state index contributed by atoms with van der Waals surface area (Å²) < 4.78 is 6.11. The second-order valence-corrected chi connectivity index (χ2v) is 7.89. The number of benzene rings is 1. The first-order valence-corrected chi connectivity index (χ1v) is 9.95. The lowest BCUT2D eigenvalue weighted by atomic mass is 9.70. The Balaban J connectivity index is 2.07. The first-order chi connectivity index (χ1) is 11.9. The first kappa shape index (κ1) is 20.0. The van der Waals surface area contributed by atoms with Crippen LogP contribution in [0.1, 0.15) is 84.1 Å². The molecule has 3 nitrogen and oxygen atoms in total. The normalized spacial score (nSPS) is 23.7. The Hall–Kier alpha value is -1.35. The molecule has 25 heavy (non-hydrogen) atoms. The minimum Gasteiger partial charge on any atom is -0.457 e. The summed E-state index contributed by atoms with van der Waals surface area (Å²) in [5.74, 6) is 0.818. The van der Waals surface area contributed by atoms with Crippen molar-refractivity contribution in [2.24, 2.45) is 11.7 Å². The highest BCUT2D eigenvalue weighted by Crippen LogP contribution is 2.44. The molecule has 0 spiro atoms. The Morgan fingerprint density at radius 1 is 1.04 bits per heavy atom. The van der Waals surface area contributed by atoms with Crippen molar-refractivity contribution >= 4 is 5.97 Å². The Labute approximate surface area is 153 Å². The van der Waals surface area contributed by atoms with Crippen LogP contribution in [0.3, 0.4) is 0 Å². The molecule has 1 saturated carbocycles. The Morgan fingerprint density at radius 2 is 1.60 bits per heavy atom. The van der Waals surface area contributed by atoms with Crippen LogP contribution in [0.4, 0.5) is 0 Å². The summed E-state index contributed by atoms with van der Waals surface area (Å²) in [5.41, 5.74) is 6.31. The second-order valence-electron chi connectivity index (χ2n) is 7.89. The molecule has 0 radical (unpaired) electrons. The van der Waals surface area contributed by atoms with Crippen LogP contribution in [0.25, 0.3) is 0 Å². The van der Waals surface area contributed by atoms with Crippen molar-refractivity contribution < 1.29 is 9.53 Å². The minimum atomic E-state index is -0.892. The molecule has 1 aromatic carbocycles. The van der Waals surface area contributed by atoms with E-state index in [2.05, 4.69) is 44.2 Å². The van der Waals surface area contributed by atoms with E-state index in [1.54, 1.807) is 6.92 Å². The molecule has 1 fully saturated rings. The van der Waals surface area contributed by atoms with Crippen molar-refractivity contribution in [3.63, 3.8) is 0 Å². The smallest absolute Gasteiger partial charge is 0.326 e. The predicted molar refractivity (Wildman–Crippen MR) is 103 cm³/mol. The summed E-state index contributed by atoms with van der Waals surface area (Å²) in [6.07, 6.45) is 6.87. The third-order valence-electron chi connectivity index (χ3n) is 6.44. The molecule has 0 saturated heterocycles. The maximum Gasteiger partial charge on any atom is 0.326 e. The third-order valence-corrected chi connectivity index (χ3v) is 6.44. The molecule has 0 amide bonds. The molecule has 1 aliphatic rings. The van der Waals surface area contributed by atoms with Gasteiger partial charge in [-0.3, -0.25) is 4.79 Å². The quantitative estimate of drug-likeness (QED) is 0.692. The zero-order valence-corrected chi connectivity index (χ0v) is 16.4. The van der Waals surface area contributed by atoms with E-state index in [1.807, 2.05) is 6.92 Å². The fraction of sp³-hybridized carbons (Fsp3) is 0.682. The van der Waals surface area contributed by atoms with Gasteiger partial charge in [0.05, 0.1) is 0 Å². The van der Waals surface area contributed by atoms with Gasteiger partial charge in [-0.05, 0) is 69.3 Å². The van der Waals surface area contributed by atoms with E-state index in [4.69, 9.17) is 10.5 Å². The number of hydrogen-bond acceptors (Lipinski definition) is 3. The lowest BCUT2D eigenvalue weighted by Crippen LogP contribution is -2.52. The van der Waals surface area contributed by atoms with Crippen molar-refractivity contribution in [2.75, 3.05) is 0 Å². The molecule has 1 unspecified atom stereocenters. The fourth-order valence-corrected chi connectivity index (χ4v) is 4.18. The van der Waals surface area contributed by atoms with Gasteiger partial charge in [0.2, 0.25) is 0 Å². The molecular weight excluding hydrogens is 310 g/mol. The summed E-state index contributed by atoms with van der Waals surface area (Å²) >= 11 is 0. The van der Waals surface area contributed by atoms with E-state index in [1.165, 1.54) is 18.4 Å². The van der Waals surface area contributed by atoms with Crippen LogP contribution in [0.2, 0.25) is 0 Å². The van der Waals surface area contributed by atoms with Crippen LogP contribution in [0, 0.1) is 5.92 Å². The molecule has 1 atom stereocenters. The number of hydrogen-bond donors (Lipinski definition) is 1. The molecule has 0 bridgehead atoms. The van der Waals surface area contributed by atoms with Gasteiger partial charge in [0, 0.05) is 0 Å². The SMILES string of the molecule is CCC(C)(N)C(=O)OC(CC)(CC)C1CCC(c2ccccc2)CC1. The van der Waals surface area contributed by atoms with Crippen molar-refractivity contribution in [1.82, 2.24) is 0 Å². The standard InChI is InChI=1S/C22H35NO2/c1-5-21(4,23)20(24)25-22(6-2,7-3)19-15-13-18(14-16-19)17-11-9-8-10-12-17/h8-12,18-19H,5-7,13-16,23H2,1-4H3. The number of esters is 1. The van der Waals surface area contributed by atoms with Crippen molar-refractivity contribution in [3.05, 3.63) is 35.9 Å². The minimum absolute atomic E-state index is 0.246. The summed E-state index contributed by atoms with van der Waals surface area (Å²) in [5, 5.41) is 0. The van der Waals surface area contributed by atoms with Gasteiger partial charge < -0.3 is 10.5 Å². The van der Waals surface area contributed by atoms with E-state index in [0.717, 1.165) is 25.7 Å². The van der Waals surface area contributed by atoms with E-state index in [-0.39, 0.29) is 11.6 Å². The Bertz CT molecular complexity index is 540. The van der Waals surface area contributed by atoms with E-state index in [0.29, 0.717) is 18.3 Å². The molecule has 2 N–H and O–H groups in total. The van der Waals surface area contributed by atoms with Crippen LogP contribution >= 0.6 is 0 Å². The van der Waals surface area contributed by atoms with Gasteiger partial charge in [0.25, 0.3) is 0 Å². The van der Waals surface area contributed by atoms with Gasteiger partial charge in [-0.2, -0.15) is 0 Å². The van der Waals surface area contributed by atoms with Gasteiger partial charge in [-0.1, -0.05) is 51.1 Å². The van der Waals surface area contributed by atoms with Gasteiger partial charge in [-0.15, -0.1) is 0 Å². The second kappa shape index (κ2) is 8.35. The lowest BCUT2D eigenvalue weighted by Gasteiger charge is -2.44. The van der Waals surface area contributed by atoms with Crippen molar-refractivity contribution in [1.29, 1.82) is 0 Å². The van der Waals surface area contributed by atoms with E-state index in [9.17, 15) is 4.79 Å². The highest BCUT2D eigenvalue weighted by molar-refractivity contribution is 5.80. The topological polar surface area (TPSA) is 52.3 Å². The summed E-state index contributed by atoms with van der Waals surface area (Å²) in [6.45, 7) is 7.99. The number of rotatable bonds is 7. The highest BCUT2D eigenvalue weighted by Gasteiger charge is 2.43. The molecule has 3 heteroatoms. The fourth-order valence-electron chi connectivity index (χ4n) is 4.18. The largest absolute Gasteiger partial charge is 0.457 e. The van der Waals surface area contributed by atoms with Crippen LogP contribution in [0.15, 0.2) is 30.3 Å². The molecule has 1 aliphatic carbocycles. The van der Waals surface area contributed by atoms with Crippen molar-refractivity contribution in [3.8, 4) is 0 Å². The van der Waals surface area contributed by atoms with E-state index >= 15 is 0 Å². The maximum atomic E-state index is 12.6. The maximum absolute atomic E-state index is 12.6. The molecule has 2 rings (SSSR count). The zero-order valence-electron chi connectivity index (χ0n) is 16.4. The number of nitrogens with two attached hydrogens (primary N) is 1. The van der Waals surface area contributed by atoms with Crippen LogP contribution in [-0.2, 0) is 9.53 Å². The van der Waals surface area contributed by atoms with Gasteiger partial charge in [0.15, 0.2) is 0 Å². The average molecular weight is 346 g/mol. The molecular formula is C22H35NO2. The molecule has 0 heterocycles. The molecule has 1 aromatic rings. The molecule has 0 aliphatic heterocycles. The van der Waals surface area contributed by atoms with Crippen LogP contribution in [0.5, 0.6) is 0 Å². The van der Waals surface area contributed by atoms with E-state index < -0.39 is 5.54 Å². The summed E-state index contributed by atoms with van der Waals surface area (Å²) in [7, 11) is 0. The Kier molecular flexibility index (Phi) is 6.67. The number of carbonyl (C=O) groups excluding carboxylic acids is 1. The van der Waals surface area contributed by atoms with Crippen LogP contribution < -0.4 is 5.73 Å². The average Bonchev–Trinajstić information content (AvgIpc) is 2.67. The molecule has 0 aromatic heterocycles. The summed E-state index contributed by atoms with van der Waals surface area (Å²) in [4.78, 5) is 12.6. The number of ether oxygens (including phenoxy) is 1. The summed E-state index contributed by atoms with van der Waals surface area (Å²) in [6, 6.07) is 10.8. The number of carbonyl (C=O) groups is 1. The lowest BCUT2D eigenvalue weighted by molar-refractivity contribution is -0.176. The van der Waals surface area contributed by atoms with Crippen molar-refractivity contribution in [2.45, 2.75) is 89.7 Å². The third kappa shape index (κ3) is 4.44. The zero-order chi connectivity index (χ0) is 18.5. The predicted octanol–water partition coefficient (Wildman–Crippen LogP) is 5.19. The Morgan fingerprint density at radius 3 is 2.08 bits per heavy atom. The highest BCUT2D eigenvalue weighted by atomic mass is 16.6. The monoisotopic (exact) mass is 345 g/mol. The first-order valence-electron chi connectivity index (χ1n) is 9.95. The van der Waals surface area contributed by atoms with Gasteiger partial charge in [-0.25, -0.2) is 0 Å². The molecule has 140 valence electrons. The van der Waals surface area contributed by atoms with Crippen LogP contribution in [-0.4, -0.2) is 17.1 Å². The van der Waals surface area contributed by atoms with Gasteiger partial charge in [0.1, 0.15) is 11.1 Å². The van der Waals surface area contributed by atoms with Gasteiger partial charge >= 0.3 is 5.97 Å².